The number of benzene rings is 3. The number of hydrogen-bond donors (Lipinski definition) is 0. The Labute approximate surface area is 270 Å². The Hall–Kier alpha value is -5.91. The van der Waals surface area contributed by atoms with Gasteiger partial charge in [0.2, 0.25) is 0 Å². The van der Waals surface area contributed by atoms with E-state index in [1.807, 2.05) is 30.3 Å². The third kappa shape index (κ3) is 5.07. The van der Waals surface area contributed by atoms with E-state index in [1.165, 1.54) is 16.9 Å². The Morgan fingerprint density at radius 1 is 0.702 bits per heavy atom. The predicted molar refractivity (Wildman–Crippen MR) is 168 cm³/mol. The third-order valence-corrected chi connectivity index (χ3v) is 8.11. The Morgan fingerprint density at radius 3 is 1.87 bits per heavy atom. The molecule has 242 valence electrons. The maximum atomic E-state index is 15.4. The van der Waals surface area contributed by atoms with Crippen molar-refractivity contribution in [1.29, 1.82) is 0 Å². The Balaban J connectivity index is 2.04. The number of ether oxygens (including phenoxy) is 5. The monoisotopic (exact) mass is 640 g/mol. The zero-order chi connectivity index (χ0) is 34.0. The van der Waals surface area contributed by atoms with Gasteiger partial charge in [0, 0.05) is 11.3 Å². The summed E-state index contributed by atoms with van der Waals surface area (Å²) in [5.74, 6) is -4.87. The summed E-state index contributed by atoms with van der Waals surface area (Å²) >= 11 is 0. The van der Waals surface area contributed by atoms with Gasteiger partial charge in [-0.2, -0.15) is 0 Å². The van der Waals surface area contributed by atoms with E-state index in [0.29, 0.717) is 17.0 Å². The molecule has 0 bridgehead atoms. The average molecular weight is 641 g/mol. The van der Waals surface area contributed by atoms with E-state index in [9.17, 15) is 19.2 Å². The van der Waals surface area contributed by atoms with Crippen molar-refractivity contribution < 1.29 is 47.7 Å². The Kier molecular flexibility index (Phi) is 8.87. The Morgan fingerprint density at radius 2 is 1.30 bits per heavy atom. The minimum atomic E-state index is -2.30. The lowest BCUT2D eigenvalue weighted by atomic mass is 9.73. The molecule has 5 rings (SSSR count). The molecule has 0 N–H and O–H groups in total. The number of carbonyl (C=O) groups is 5. The van der Waals surface area contributed by atoms with Crippen molar-refractivity contribution in [3.05, 3.63) is 112 Å². The number of aryl methyl sites for hydroxylation is 1. The molecule has 1 unspecified atom stereocenters. The van der Waals surface area contributed by atoms with E-state index in [0.717, 1.165) is 34.0 Å². The van der Waals surface area contributed by atoms with E-state index >= 15 is 4.79 Å². The molecule has 47 heavy (non-hydrogen) atoms. The fourth-order valence-corrected chi connectivity index (χ4v) is 6.09. The van der Waals surface area contributed by atoms with Gasteiger partial charge in [-0.15, -0.1) is 0 Å². The highest BCUT2D eigenvalue weighted by Gasteiger charge is 2.66. The molecule has 3 aromatic rings. The van der Waals surface area contributed by atoms with Crippen molar-refractivity contribution in [2.75, 3.05) is 45.3 Å². The SMILES string of the molecule is COC(=O)C1=C(C(=O)OC)N(c2ccc(OC)cc2)C2(C(=O)N(Cc3ccccc3)c3ccc(C)cc32)C(C(=O)OC)=C1C(=O)OC. The van der Waals surface area contributed by atoms with Crippen LogP contribution in [0.15, 0.2) is 95.2 Å². The van der Waals surface area contributed by atoms with Crippen molar-refractivity contribution >= 4 is 41.2 Å². The second kappa shape index (κ2) is 12.8. The maximum absolute atomic E-state index is 15.4. The molecule has 0 radical (unpaired) electrons. The second-order valence-corrected chi connectivity index (χ2v) is 10.6. The lowest BCUT2D eigenvalue weighted by molar-refractivity contribution is -0.143. The first kappa shape index (κ1) is 32.5. The van der Waals surface area contributed by atoms with E-state index in [-0.39, 0.29) is 17.8 Å². The van der Waals surface area contributed by atoms with Gasteiger partial charge in [0.1, 0.15) is 17.0 Å². The smallest absolute Gasteiger partial charge is 0.355 e. The summed E-state index contributed by atoms with van der Waals surface area (Å²) in [5, 5.41) is 0. The van der Waals surface area contributed by atoms with Gasteiger partial charge in [0.25, 0.3) is 5.91 Å². The second-order valence-electron chi connectivity index (χ2n) is 10.6. The summed E-state index contributed by atoms with van der Waals surface area (Å²) in [6.45, 7) is 1.84. The molecule has 2 heterocycles. The number of nitrogens with zero attached hydrogens (tertiary/aromatic N) is 2. The molecule has 2 aliphatic heterocycles. The zero-order valence-electron chi connectivity index (χ0n) is 26.6. The predicted octanol–water partition coefficient (Wildman–Crippen LogP) is 3.51. The van der Waals surface area contributed by atoms with Gasteiger partial charge >= 0.3 is 23.9 Å². The first-order chi connectivity index (χ1) is 22.6. The molecule has 0 aliphatic carbocycles. The summed E-state index contributed by atoms with van der Waals surface area (Å²) in [7, 11) is 5.70. The lowest BCUT2D eigenvalue weighted by Crippen LogP contribution is -2.60. The molecule has 0 saturated heterocycles. The van der Waals surface area contributed by atoms with Gasteiger partial charge in [0.05, 0.1) is 58.9 Å². The standard InChI is InChI=1S/C35H32N2O10/c1-20-12-17-25-24(18-20)35(34(42)36(25)19-21-10-8-7-9-11-21)28(32(40)46-5)26(30(38)44-3)27(31(39)45-4)29(33(41)47-6)37(35)22-13-15-23(43-2)16-14-22/h7-18H,19H2,1-6H3. The van der Waals surface area contributed by atoms with Crippen LogP contribution in [0.4, 0.5) is 11.4 Å². The number of methoxy groups -OCH3 is 5. The lowest BCUT2D eigenvalue weighted by Gasteiger charge is -2.46. The topological polar surface area (TPSA) is 138 Å². The highest BCUT2D eigenvalue weighted by Crippen LogP contribution is 2.56. The molecule has 12 heteroatoms. The molecule has 1 atom stereocenters. The molecule has 1 spiro atoms. The molecule has 3 aromatic carbocycles. The van der Waals surface area contributed by atoms with E-state index in [1.54, 1.807) is 49.4 Å². The van der Waals surface area contributed by atoms with Crippen LogP contribution in [0.3, 0.4) is 0 Å². The van der Waals surface area contributed by atoms with Crippen LogP contribution in [0.5, 0.6) is 5.75 Å². The van der Waals surface area contributed by atoms with Crippen LogP contribution in [-0.4, -0.2) is 65.3 Å². The van der Waals surface area contributed by atoms with Gasteiger partial charge in [-0.1, -0.05) is 48.0 Å². The molecular formula is C35H32N2O10. The maximum Gasteiger partial charge on any atom is 0.355 e. The summed E-state index contributed by atoms with van der Waals surface area (Å²) in [4.78, 5) is 73.6. The van der Waals surface area contributed by atoms with E-state index < -0.39 is 57.7 Å². The number of esters is 4. The molecular weight excluding hydrogens is 608 g/mol. The Bertz CT molecular complexity index is 1850. The number of fused-ring (bicyclic) bond motifs is 2. The van der Waals surface area contributed by atoms with Crippen LogP contribution < -0.4 is 14.5 Å². The van der Waals surface area contributed by atoms with Crippen LogP contribution in [0.2, 0.25) is 0 Å². The van der Waals surface area contributed by atoms with Crippen molar-refractivity contribution in [2.45, 2.75) is 19.0 Å². The van der Waals surface area contributed by atoms with Crippen molar-refractivity contribution in [2.24, 2.45) is 0 Å². The van der Waals surface area contributed by atoms with E-state index in [2.05, 4.69) is 0 Å². The number of rotatable bonds is 8. The number of anilines is 2. The van der Waals surface area contributed by atoms with Crippen LogP contribution in [-0.2, 0) is 55.0 Å². The highest BCUT2D eigenvalue weighted by molar-refractivity contribution is 6.26. The van der Waals surface area contributed by atoms with Gasteiger partial charge < -0.3 is 33.5 Å². The van der Waals surface area contributed by atoms with Crippen molar-refractivity contribution in [3.8, 4) is 5.75 Å². The first-order valence-corrected chi connectivity index (χ1v) is 14.3. The van der Waals surface area contributed by atoms with Gasteiger partial charge in [-0.05, 0) is 42.8 Å². The molecule has 12 nitrogen and oxygen atoms in total. The van der Waals surface area contributed by atoms with Crippen LogP contribution in [0.25, 0.3) is 0 Å². The number of carbonyl (C=O) groups excluding carboxylic acids is 5. The fourth-order valence-electron chi connectivity index (χ4n) is 6.09. The summed E-state index contributed by atoms with van der Waals surface area (Å²) in [5.41, 5.74) is -2.49. The normalized spacial score (nSPS) is 17.0. The summed E-state index contributed by atoms with van der Waals surface area (Å²) < 4.78 is 25.9. The minimum Gasteiger partial charge on any atom is -0.497 e. The molecule has 0 saturated carbocycles. The molecule has 1 amide bonds. The summed E-state index contributed by atoms with van der Waals surface area (Å²) in [6.07, 6.45) is 0. The fraction of sp³-hybridized carbons (Fsp3) is 0.229. The average Bonchev–Trinajstić information content (AvgIpc) is 3.32. The number of amides is 1. The van der Waals surface area contributed by atoms with Crippen LogP contribution in [0, 0.1) is 6.92 Å². The third-order valence-electron chi connectivity index (χ3n) is 8.11. The minimum absolute atomic E-state index is 0.0527. The zero-order valence-corrected chi connectivity index (χ0v) is 26.6. The van der Waals surface area contributed by atoms with Gasteiger partial charge in [-0.25, -0.2) is 19.2 Å². The number of hydrogen-bond acceptors (Lipinski definition) is 11. The molecule has 2 aliphatic rings. The molecule has 0 aromatic heterocycles. The highest BCUT2D eigenvalue weighted by atomic mass is 16.5. The first-order valence-electron chi connectivity index (χ1n) is 14.3. The van der Waals surface area contributed by atoms with Crippen LogP contribution in [0.1, 0.15) is 16.7 Å². The van der Waals surface area contributed by atoms with Crippen molar-refractivity contribution in [3.63, 3.8) is 0 Å². The summed E-state index contributed by atoms with van der Waals surface area (Å²) in [6, 6.07) is 20.6. The van der Waals surface area contributed by atoms with Gasteiger partial charge in [0.15, 0.2) is 5.54 Å². The largest absolute Gasteiger partial charge is 0.497 e. The quantitative estimate of drug-likeness (QED) is 0.264. The van der Waals surface area contributed by atoms with Crippen LogP contribution >= 0.6 is 0 Å². The molecule has 0 fully saturated rings. The van der Waals surface area contributed by atoms with Gasteiger partial charge in [-0.3, -0.25) is 4.79 Å². The van der Waals surface area contributed by atoms with E-state index in [4.69, 9.17) is 23.7 Å². The van der Waals surface area contributed by atoms with Crippen molar-refractivity contribution in [1.82, 2.24) is 0 Å².